The number of amides is 2. The first-order chi connectivity index (χ1) is 15.4. The molecule has 2 amide bonds. The highest BCUT2D eigenvalue weighted by atomic mass is 19.3. The summed E-state index contributed by atoms with van der Waals surface area (Å²) >= 11 is 0. The minimum absolute atomic E-state index is 0.0209. The lowest BCUT2D eigenvalue weighted by Crippen LogP contribution is -2.48. The standard InChI is InChI=1S/C25H27F2NO4/c26-25(27)12-11-22(20(14-25)16-31-15-19-9-5-2-6-10-19)23(29)28-21(17-32-24(28)30)13-18-7-3-1-4-8-18/h1-10,20-22H,11-17H2/t20-,21-,22-/m1/s1. The van der Waals surface area contributed by atoms with Gasteiger partial charge in [-0.15, -0.1) is 0 Å². The molecule has 5 nitrogen and oxygen atoms in total. The van der Waals surface area contributed by atoms with E-state index in [1.807, 2.05) is 60.7 Å². The molecule has 0 N–H and O–H groups in total. The first-order valence-electron chi connectivity index (χ1n) is 11.0. The van der Waals surface area contributed by atoms with Crippen LogP contribution in [0.5, 0.6) is 0 Å². The quantitative estimate of drug-likeness (QED) is 0.614. The zero-order valence-electron chi connectivity index (χ0n) is 17.8. The van der Waals surface area contributed by atoms with Crippen molar-refractivity contribution in [2.45, 2.75) is 44.3 Å². The molecular weight excluding hydrogens is 416 g/mol. The van der Waals surface area contributed by atoms with Crippen molar-refractivity contribution >= 4 is 12.0 Å². The molecule has 0 unspecified atom stereocenters. The van der Waals surface area contributed by atoms with Gasteiger partial charge in [0, 0.05) is 18.8 Å². The fourth-order valence-electron chi connectivity index (χ4n) is 4.58. The van der Waals surface area contributed by atoms with Crippen molar-refractivity contribution in [3.8, 4) is 0 Å². The maximum absolute atomic E-state index is 14.2. The molecule has 1 aliphatic carbocycles. The Morgan fingerprint density at radius 3 is 2.41 bits per heavy atom. The Kier molecular flexibility index (Phi) is 6.84. The van der Waals surface area contributed by atoms with Crippen LogP contribution < -0.4 is 0 Å². The number of carbonyl (C=O) groups is 2. The highest BCUT2D eigenvalue weighted by molar-refractivity contribution is 5.95. The highest BCUT2D eigenvalue weighted by Gasteiger charge is 2.48. The van der Waals surface area contributed by atoms with E-state index in [0.717, 1.165) is 16.0 Å². The summed E-state index contributed by atoms with van der Waals surface area (Å²) in [7, 11) is 0. The lowest BCUT2D eigenvalue weighted by Gasteiger charge is -2.37. The first kappa shape index (κ1) is 22.4. The van der Waals surface area contributed by atoms with Crippen molar-refractivity contribution in [1.82, 2.24) is 4.90 Å². The predicted molar refractivity (Wildman–Crippen MR) is 114 cm³/mol. The lowest BCUT2D eigenvalue weighted by atomic mass is 9.76. The van der Waals surface area contributed by atoms with Gasteiger partial charge >= 0.3 is 6.09 Å². The zero-order chi connectivity index (χ0) is 22.6. The SMILES string of the molecule is O=C1OC[C@@H](Cc2ccccc2)N1C(=O)[C@@H]1CCC(F)(F)C[C@@H]1COCc1ccccc1. The van der Waals surface area contributed by atoms with E-state index in [2.05, 4.69) is 0 Å². The van der Waals surface area contributed by atoms with Gasteiger partial charge in [-0.1, -0.05) is 60.7 Å². The summed E-state index contributed by atoms with van der Waals surface area (Å²) in [5.41, 5.74) is 1.91. The Morgan fingerprint density at radius 2 is 1.72 bits per heavy atom. The number of rotatable bonds is 7. The molecule has 3 atom stereocenters. The molecule has 0 spiro atoms. The normalized spacial score (nSPS) is 24.9. The van der Waals surface area contributed by atoms with Crippen LogP contribution in [0.25, 0.3) is 0 Å². The zero-order valence-corrected chi connectivity index (χ0v) is 17.8. The Balaban J connectivity index is 1.45. The maximum Gasteiger partial charge on any atom is 0.416 e. The molecule has 7 heteroatoms. The number of imide groups is 1. The second-order valence-electron chi connectivity index (χ2n) is 8.59. The lowest BCUT2D eigenvalue weighted by molar-refractivity contribution is -0.145. The molecule has 0 bridgehead atoms. The summed E-state index contributed by atoms with van der Waals surface area (Å²) in [6, 6.07) is 18.5. The Labute approximate surface area is 186 Å². The van der Waals surface area contributed by atoms with Gasteiger partial charge in [0.1, 0.15) is 6.61 Å². The van der Waals surface area contributed by atoms with Crippen LogP contribution >= 0.6 is 0 Å². The van der Waals surface area contributed by atoms with Crippen LogP contribution in [0.4, 0.5) is 13.6 Å². The van der Waals surface area contributed by atoms with Crippen LogP contribution in [0, 0.1) is 11.8 Å². The number of cyclic esters (lactones) is 1. The number of alkyl halides is 2. The highest BCUT2D eigenvalue weighted by Crippen LogP contribution is 2.42. The number of benzene rings is 2. The van der Waals surface area contributed by atoms with Crippen LogP contribution in [-0.4, -0.2) is 42.1 Å². The van der Waals surface area contributed by atoms with Crippen LogP contribution in [0.1, 0.15) is 30.4 Å². The molecule has 0 radical (unpaired) electrons. The van der Waals surface area contributed by atoms with Gasteiger partial charge in [-0.2, -0.15) is 0 Å². The molecule has 2 aromatic carbocycles. The van der Waals surface area contributed by atoms with Crippen molar-refractivity contribution in [1.29, 1.82) is 0 Å². The van der Waals surface area contributed by atoms with Gasteiger partial charge in [-0.25, -0.2) is 18.5 Å². The molecule has 0 aromatic heterocycles. The molecular formula is C25H27F2NO4. The molecule has 1 heterocycles. The fraction of sp³-hybridized carbons (Fsp3) is 0.440. The van der Waals surface area contributed by atoms with Gasteiger partial charge < -0.3 is 9.47 Å². The summed E-state index contributed by atoms with van der Waals surface area (Å²) < 4.78 is 39.3. The topological polar surface area (TPSA) is 55.8 Å². The van der Waals surface area contributed by atoms with Gasteiger partial charge in [0.05, 0.1) is 19.3 Å². The average Bonchev–Trinajstić information content (AvgIpc) is 3.14. The number of ether oxygens (including phenoxy) is 2. The van der Waals surface area contributed by atoms with E-state index in [-0.39, 0.29) is 32.7 Å². The van der Waals surface area contributed by atoms with Gasteiger partial charge in [0.2, 0.25) is 11.8 Å². The van der Waals surface area contributed by atoms with Crippen molar-refractivity contribution in [3.63, 3.8) is 0 Å². The van der Waals surface area contributed by atoms with E-state index in [9.17, 15) is 18.4 Å². The second kappa shape index (κ2) is 9.77. The molecule has 2 aliphatic rings. The summed E-state index contributed by atoms with van der Waals surface area (Å²) in [6.45, 7) is 0.427. The Hall–Kier alpha value is -2.80. The number of hydrogen-bond acceptors (Lipinski definition) is 4. The van der Waals surface area contributed by atoms with Crippen molar-refractivity contribution in [2.24, 2.45) is 11.8 Å². The summed E-state index contributed by atoms with van der Waals surface area (Å²) in [5.74, 6) is -4.64. The van der Waals surface area contributed by atoms with E-state index in [0.29, 0.717) is 6.42 Å². The summed E-state index contributed by atoms with van der Waals surface area (Å²) in [4.78, 5) is 26.9. The van der Waals surface area contributed by atoms with Crippen molar-refractivity contribution < 1.29 is 27.8 Å². The fourth-order valence-corrected chi connectivity index (χ4v) is 4.58. The summed E-state index contributed by atoms with van der Waals surface area (Å²) in [5, 5.41) is 0. The number of hydrogen-bond donors (Lipinski definition) is 0. The summed E-state index contributed by atoms with van der Waals surface area (Å²) in [6.07, 6.45) is -1.00. The molecule has 32 heavy (non-hydrogen) atoms. The first-order valence-corrected chi connectivity index (χ1v) is 11.0. The molecule has 4 rings (SSSR count). The third kappa shape index (κ3) is 5.33. The molecule has 1 saturated carbocycles. The predicted octanol–water partition coefficient (Wildman–Crippen LogP) is 4.84. The van der Waals surface area contributed by atoms with Crippen LogP contribution in [0.3, 0.4) is 0 Å². The molecule has 2 fully saturated rings. The monoisotopic (exact) mass is 443 g/mol. The van der Waals surface area contributed by atoms with E-state index in [1.54, 1.807) is 0 Å². The second-order valence-corrected chi connectivity index (χ2v) is 8.59. The van der Waals surface area contributed by atoms with Gasteiger partial charge in [0.25, 0.3) is 0 Å². The Morgan fingerprint density at radius 1 is 1.06 bits per heavy atom. The number of carbonyl (C=O) groups excluding carboxylic acids is 2. The number of nitrogens with zero attached hydrogens (tertiary/aromatic N) is 1. The number of halogens is 2. The van der Waals surface area contributed by atoms with E-state index in [1.165, 1.54) is 0 Å². The Bertz CT molecular complexity index is 922. The minimum Gasteiger partial charge on any atom is -0.447 e. The minimum atomic E-state index is -2.84. The largest absolute Gasteiger partial charge is 0.447 e. The molecule has 1 saturated heterocycles. The third-order valence-electron chi connectivity index (χ3n) is 6.22. The van der Waals surface area contributed by atoms with Crippen LogP contribution in [0.2, 0.25) is 0 Å². The average molecular weight is 443 g/mol. The van der Waals surface area contributed by atoms with Crippen molar-refractivity contribution in [3.05, 3.63) is 71.8 Å². The van der Waals surface area contributed by atoms with E-state index < -0.39 is 42.2 Å². The van der Waals surface area contributed by atoms with E-state index in [4.69, 9.17) is 9.47 Å². The van der Waals surface area contributed by atoms with Gasteiger partial charge in [-0.3, -0.25) is 4.79 Å². The molecule has 1 aliphatic heterocycles. The smallest absolute Gasteiger partial charge is 0.416 e. The molecule has 170 valence electrons. The molecule has 2 aromatic rings. The maximum atomic E-state index is 14.2. The van der Waals surface area contributed by atoms with Crippen LogP contribution in [0.15, 0.2) is 60.7 Å². The van der Waals surface area contributed by atoms with Gasteiger partial charge in [-0.05, 0) is 29.9 Å². The van der Waals surface area contributed by atoms with Crippen molar-refractivity contribution in [2.75, 3.05) is 13.2 Å². The van der Waals surface area contributed by atoms with Crippen LogP contribution in [-0.2, 0) is 27.3 Å². The van der Waals surface area contributed by atoms with Gasteiger partial charge in [0.15, 0.2) is 0 Å². The van der Waals surface area contributed by atoms with E-state index >= 15 is 0 Å². The third-order valence-corrected chi connectivity index (χ3v) is 6.22.